The third-order valence-corrected chi connectivity index (χ3v) is 3.61. The van der Waals surface area contributed by atoms with E-state index in [1.807, 2.05) is 25.1 Å². The summed E-state index contributed by atoms with van der Waals surface area (Å²) < 4.78 is 0. The van der Waals surface area contributed by atoms with Gasteiger partial charge in [0.15, 0.2) is 0 Å². The van der Waals surface area contributed by atoms with E-state index in [0.717, 1.165) is 5.56 Å². The first kappa shape index (κ1) is 14.1. The van der Waals surface area contributed by atoms with E-state index in [2.05, 4.69) is 5.32 Å². The van der Waals surface area contributed by atoms with E-state index < -0.39 is 6.04 Å². The Morgan fingerprint density at radius 2 is 1.86 bits per heavy atom. The maximum Gasteiger partial charge on any atom is 0.256 e. The van der Waals surface area contributed by atoms with Crippen LogP contribution in [0.2, 0.25) is 0 Å². The van der Waals surface area contributed by atoms with Crippen LogP contribution in [0.3, 0.4) is 0 Å². The average Bonchev–Trinajstić information content (AvgIpc) is 2.76. The molecule has 0 aliphatic carbocycles. The summed E-state index contributed by atoms with van der Waals surface area (Å²) >= 11 is 0. The smallest absolute Gasteiger partial charge is 0.256 e. The molecule has 1 fully saturated rings. The molecule has 0 saturated carbocycles. The summed E-state index contributed by atoms with van der Waals surface area (Å²) in [6.45, 7) is 1.92. The lowest BCUT2D eigenvalue weighted by atomic mass is 10.2. The van der Waals surface area contributed by atoms with E-state index in [1.54, 1.807) is 18.2 Å². The molecule has 112 valence electrons. The first-order valence-corrected chi connectivity index (χ1v) is 7.03. The molecule has 0 aromatic heterocycles. The number of amides is 2. The molecular weight excluding hydrogens is 280 g/mol. The van der Waals surface area contributed by atoms with Gasteiger partial charge >= 0.3 is 0 Å². The minimum atomic E-state index is -0.586. The van der Waals surface area contributed by atoms with Crippen LogP contribution in [-0.2, 0) is 9.59 Å². The van der Waals surface area contributed by atoms with Crippen molar-refractivity contribution in [1.29, 1.82) is 0 Å². The van der Waals surface area contributed by atoms with Crippen LogP contribution in [0.4, 0.5) is 11.4 Å². The number of nitrogens with zero attached hydrogens (tertiary/aromatic N) is 1. The maximum atomic E-state index is 12.5. The number of hydrogen-bond acceptors (Lipinski definition) is 4. The van der Waals surface area contributed by atoms with E-state index in [0.29, 0.717) is 11.4 Å². The third-order valence-electron chi connectivity index (χ3n) is 3.61. The van der Waals surface area contributed by atoms with Gasteiger partial charge in [0.05, 0.1) is 12.1 Å². The van der Waals surface area contributed by atoms with Crippen LogP contribution in [0, 0.1) is 6.92 Å². The molecule has 5 nitrogen and oxygen atoms in total. The van der Waals surface area contributed by atoms with Crippen molar-refractivity contribution in [2.75, 3.05) is 10.2 Å². The predicted molar refractivity (Wildman–Crippen MR) is 83.8 cm³/mol. The van der Waals surface area contributed by atoms with Gasteiger partial charge in [0, 0.05) is 5.69 Å². The Balaban J connectivity index is 1.81. The molecule has 1 unspecified atom stereocenters. The zero-order valence-corrected chi connectivity index (χ0v) is 12.1. The number of hydrogen-bond donors (Lipinski definition) is 2. The predicted octanol–water partition coefficient (Wildman–Crippen LogP) is 2.44. The van der Waals surface area contributed by atoms with Crippen LogP contribution in [0.25, 0.3) is 0 Å². The van der Waals surface area contributed by atoms with Crippen molar-refractivity contribution in [3.63, 3.8) is 0 Å². The summed E-state index contributed by atoms with van der Waals surface area (Å²) in [5, 5.41) is 12.3. The lowest BCUT2D eigenvalue weighted by Gasteiger charge is -2.16. The van der Waals surface area contributed by atoms with Gasteiger partial charge in [0.2, 0.25) is 5.91 Å². The number of carbonyl (C=O) groups excluding carboxylic acids is 2. The minimum Gasteiger partial charge on any atom is -0.508 e. The van der Waals surface area contributed by atoms with E-state index in [4.69, 9.17) is 0 Å². The molecule has 22 heavy (non-hydrogen) atoms. The molecule has 0 radical (unpaired) electrons. The zero-order valence-electron chi connectivity index (χ0n) is 12.1. The highest BCUT2D eigenvalue weighted by Gasteiger charge is 2.39. The van der Waals surface area contributed by atoms with Gasteiger partial charge in [-0.1, -0.05) is 12.1 Å². The van der Waals surface area contributed by atoms with E-state index >= 15 is 0 Å². The van der Waals surface area contributed by atoms with Crippen molar-refractivity contribution in [2.45, 2.75) is 19.4 Å². The number of imide groups is 1. The van der Waals surface area contributed by atoms with E-state index in [1.165, 1.54) is 17.0 Å². The number of carbonyl (C=O) groups is 2. The van der Waals surface area contributed by atoms with Crippen molar-refractivity contribution in [3.8, 4) is 5.75 Å². The summed E-state index contributed by atoms with van der Waals surface area (Å²) in [4.78, 5) is 25.9. The Morgan fingerprint density at radius 3 is 2.55 bits per heavy atom. The number of rotatable bonds is 3. The molecule has 2 aromatic rings. The Hall–Kier alpha value is -2.82. The van der Waals surface area contributed by atoms with Gasteiger partial charge in [-0.15, -0.1) is 0 Å². The summed E-state index contributed by atoms with van der Waals surface area (Å²) in [6.07, 6.45) is 0.119. The molecule has 1 aliphatic rings. The summed E-state index contributed by atoms with van der Waals surface area (Å²) in [7, 11) is 0. The molecule has 2 amide bonds. The number of phenolic OH excluding ortho intramolecular Hbond substituents is 1. The van der Waals surface area contributed by atoms with Crippen molar-refractivity contribution >= 4 is 23.2 Å². The fourth-order valence-corrected chi connectivity index (χ4v) is 2.54. The first-order valence-electron chi connectivity index (χ1n) is 7.03. The number of aryl methyl sites for hydroxylation is 1. The van der Waals surface area contributed by atoms with Gasteiger partial charge in [-0.2, -0.15) is 0 Å². The van der Waals surface area contributed by atoms with Gasteiger partial charge in [-0.3, -0.25) is 9.59 Å². The molecule has 5 heteroatoms. The molecule has 0 spiro atoms. The fourth-order valence-electron chi connectivity index (χ4n) is 2.54. The Bertz CT molecular complexity index is 725. The number of aromatic hydroxyl groups is 1. The van der Waals surface area contributed by atoms with Crippen LogP contribution in [0.1, 0.15) is 12.0 Å². The van der Waals surface area contributed by atoms with Crippen molar-refractivity contribution < 1.29 is 14.7 Å². The largest absolute Gasteiger partial charge is 0.508 e. The first-order chi connectivity index (χ1) is 10.5. The van der Waals surface area contributed by atoms with Gasteiger partial charge in [0.25, 0.3) is 5.91 Å². The second kappa shape index (κ2) is 5.52. The number of benzene rings is 2. The molecule has 0 bridgehead atoms. The van der Waals surface area contributed by atoms with Crippen LogP contribution in [0.5, 0.6) is 5.75 Å². The van der Waals surface area contributed by atoms with Crippen LogP contribution in [0.15, 0.2) is 48.5 Å². The van der Waals surface area contributed by atoms with E-state index in [9.17, 15) is 14.7 Å². The van der Waals surface area contributed by atoms with Crippen molar-refractivity contribution in [1.82, 2.24) is 0 Å². The molecule has 2 aromatic carbocycles. The Kier molecular flexibility index (Phi) is 3.55. The number of nitrogens with one attached hydrogen (secondary N) is 1. The highest BCUT2D eigenvalue weighted by Crippen LogP contribution is 2.26. The summed E-state index contributed by atoms with van der Waals surface area (Å²) in [5.74, 6) is -0.323. The van der Waals surface area contributed by atoms with Crippen LogP contribution in [-0.4, -0.2) is 23.0 Å². The van der Waals surface area contributed by atoms with E-state index in [-0.39, 0.29) is 24.0 Å². The van der Waals surface area contributed by atoms with Gasteiger partial charge < -0.3 is 10.4 Å². The molecule has 1 heterocycles. The lowest BCUT2D eigenvalue weighted by Crippen LogP contribution is -2.34. The number of anilines is 2. The molecule has 1 atom stereocenters. The monoisotopic (exact) mass is 296 g/mol. The van der Waals surface area contributed by atoms with Gasteiger partial charge in [-0.05, 0) is 48.9 Å². The summed E-state index contributed by atoms with van der Waals surface area (Å²) in [5.41, 5.74) is 2.29. The SMILES string of the molecule is Cc1cccc(N2C(=O)CC(Nc3ccc(O)cc3)C2=O)c1. The minimum absolute atomic E-state index is 0.119. The molecule has 1 aliphatic heterocycles. The topological polar surface area (TPSA) is 69.6 Å². The second-order valence-electron chi connectivity index (χ2n) is 5.35. The highest BCUT2D eigenvalue weighted by atomic mass is 16.3. The normalized spacial score (nSPS) is 17.9. The summed E-state index contributed by atoms with van der Waals surface area (Å²) in [6, 6.07) is 13.1. The molecule has 3 rings (SSSR count). The lowest BCUT2D eigenvalue weighted by molar-refractivity contribution is -0.121. The van der Waals surface area contributed by atoms with Crippen LogP contribution < -0.4 is 10.2 Å². The zero-order chi connectivity index (χ0) is 15.7. The molecule has 1 saturated heterocycles. The van der Waals surface area contributed by atoms with Gasteiger partial charge in [0.1, 0.15) is 11.8 Å². The Morgan fingerprint density at radius 1 is 1.14 bits per heavy atom. The molecule has 2 N–H and O–H groups in total. The highest BCUT2D eigenvalue weighted by molar-refractivity contribution is 6.23. The van der Waals surface area contributed by atoms with Crippen LogP contribution >= 0.6 is 0 Å². The van der Waals surface area contributed by atoms with Crippen molar-refractivity contribution in [3.05, 3.63) is 54.1 Å². The second-order valence-corrected chi connectivity index (χ2v) is 5.35. The molecular formula is C17H16N2O3. The number of phenols is 1. The Labute approximate surface area is 128 Å². The standard InChI is InChI=1S/C17H16N2O3/c1-11-3-2-4-13(9-11)19-16(21)10-15(17(19)22)18-12-5-7-14(20)8-6-12/h2-9,15,18,20H,10H2,1H3. The average molecular weight is 296 g/mol. The third kappa shape index (κ3) is 2.65. The van der Waals surface area contributed by atoms with Gasteiger partial charge in [-0.25, -0.2) is 4.90 Å². The fraction of sp³-hybridized carbons (Fsp3) is 0.176. The maximum absolute atomic E-state index is 12.5. The quantitative estimate of drug-likeness (QED) is 0.674. The van der Waals surface area contributed by atoms with Crippen molar-refractivity contribution in [2.24, 2.45) is 0 Å².